The molecular formula is C18H20ClN3O2. The lowest BCUT2D eigenvalue weighted by atomic mass is 10.1. The molecule has 0 radical (unpaired) electrons. The molecule has 0 unspecified atom stereocenters. The Morgan fingerprint density at radius 2 is 2.04 bits per heavy atom. The van der Waals surface area contributed by atoms with Crippen LogP contribution < -0.4 is 0 Å². The van der Waals surface area contributed by atoms with Gasteiger partial charge in [-0.15, -0.1) is 6.58 Å². The van der Waals surface area contributed by atoms with Crippen molar-refractivity contribution in [2.45, 2.75) is 6.42 Å². The monoisotopic (exact) mass is 345 g/mol. The first-order valence-corrected chi connectivity index (χ1v) is 8.40. The fraction of sp³-hybridized carbons (Fsp3) is 0.333. The number of rotatable bonds is 4. The van der Waals surface area contributed by atoms with Gasteiger partial charge in [-0.3, -0.25) is 9.69 Å². The number of hydrogen-bond donors (Lipinski definition) is 0. The van der Waals surface area contributed by atoms with Crippen LogP contribution in [0.4, 0.5) is 0 Å². The lowest BCUT2D eigenvalue weighted by molar-refractivity contribution is 0.0752. The zero-order valence-corrected chi connectivity index (χ0v) is 14.2. The van der Waals surface area contributed by atoms with E-state index < -0.39 is 0 Å². The molecule has 2 aromatic rings. The largest absolute Gasteiger partial charge is 0.355 e. The van der Waals surface area contributed by atoms with Crippen molar-refractivity contribution in [2.24, 2.45) is 0 Å². The van der Waals surface area contributed by atoms with E-state index in [4.69, 9.17) is 16.1 Å². The molecule has 24 heavy (non-hydrogen) atoms. The molecular weight excluding hydrogens is 326 g/mol. The van der Waals surface area contributed by atoms with Gasteiger partial charge in [-0.1, -0.05) is 22.8 Å². The van der Waals surface area contributed by atoms with Gasteiger partial charge in [0.2, 0.25) is 0 Å². The molecule has 1 aromatic heterocycles. The Morgan fingerprint density at radius 3 is 2.79 bits per heavy atom. The average Bonchev–Trinajstić information content (AvgIpc) is 2.96. The van der Waals surface area contributed by atoms with Gasteiger partial charge >= 0.3 is 0 Å². The first kappa shape index (κ1) is 16.7. The highest BCUT2D eigenvalue weighted by molar-refractivity contribution is 6.30. The fourth-order valence-electron chi connectivity index (χ4n) is 2.83. The third kappa shape index (κ3) is 3.86. The first-order valence-electron chi connectivity index (χ1n) is 8.02. The second-order valence-corrected chi connectivity index (χ2v) is 6.25. The van der Waals surface area contributed by atoms with Crippen molar-refractivity contribution >= 4 is 17.5 Å². The number of carbonyl (C=O) groups is 1. The molecule has 2 heterocycles. The van der Waals surface area contributed by atoms with Crippen LogP contribution in [0, 0.1) is 0 Å². The van der Waals surface area contributed by atoms with Gasteiger partial charge in [-0.25, -0.2) is 0 Å². The van der Waals surface area contributed by atoms with Crippen molar-refractivity contribution in [3.05, 3.63) is 53.7 Å². The Bertz CT molecular complexity index is 711. The summed E-state index contributed by atoms with van der Waals surface area (Å²) >= 11 is 5.89. The summed E-state index contributed by atoms with van der Waals surface area (Å²) in [7, 11) is 0. The third-order valence-electron chi connectivity index (χ3n) is 4.12. The molecule has 0 N–H and O–H groups in total. The molecule has 1 fully saturated rings. The normalized spacial score (nSPS) is 16.0. The van der Waals surface area contributed by atoms with E-state index >= 15 is 0 Å². The van der Waals surface area contributed by atoms with E-state index in [0.717, 1.165) is 38.2 Å². The smallest absolute Gasteiger partial charge is 0.276 e. The molecule has 1 saturated heterocycles. The number of carbonyl (C=O) groups excluding carboxylic acids is 1. The van der Waals surface area contributed by atoms with E-state index in [1.807, 2.05) is 23.1 Å². The Morgan fingerprint density at radius 1 is 1.25 bits per heavy atom. The average molecular weight is 346 g/mol. The van der Waals surface area contributed by atoms with Gasteiger partial charge in [0, 0.05) is 49.4 Å². The molecule has 5 nitrogen and oxygen atoms in total. The van der Waals surface area contributed by atoms with Crippen LogP contribution in [0.3, 0.4) is 0 Å². The first-order chi connectivity index (χ1) is 11.7. The number of amides is 1. The maximum absolute atomic E-state index is 12.7. The summed E-state index contributed by atoms with van der Waals surface area (Å²) in [6, 6.07) is 8.94. The number of halogens is 1. The van der Waals surface area contributed by atoms with E-state index in [9.17, 15) is 4.79 Å². The molecule has 0 saturated carbocycles. The summed E-state index contributed by atoms with van der Waals surface area (Å²) in [5.74, 6) is 0.484. The summed E-state index contributed by atoms with van der Waals surface area (Å²) in [6.07, 6.45) is 2.84. The summed E-state index contributed by atoms with van der Waals surface area (Å²) in [5, 5.41) is 4.60. The van der Waals surface area contributed by atoms with E-state index in [2.05, 4.69) is 16.6 Å². The van der Waals surface area contributed by atoms with Gasteiger partial charge in [-0.05, 0) is 30.7 Å². The Balaban J connectivity index is 1.69. The van der Waals surface area contributed by atoms with E-state index in [-0.39, 0.29) is 5.91 Å². The van der Waals surface area contributed by atoms with Gasteiger partial charge in [0.15, 0.2) is 11.5 Å². The predicted octanol–water partition coefficient (Wildman–Crippen LogP) is 3.33. The maximum atomic E-state index is 12.7. The topological polar surface area (TPSA) is 49.6 Å². The highest BCUT2D eigenvalue weighted by Gasteiger charge is 2.23. The minimum atomic E-state index is -0.0839. The molecule has 0 atom stereocenters. The minimum absolute atomic E-state index is 0.0839. The third-order valence-corrected chi connectivity index (χ3v) is 4.37. The second-order valence-electron chi connectivity index (χ2n) is 5.82. The molecule has 126 valence electrons. The summed E-state index contributed by atoms with van der Waals surface area (Å²) in [4.78, 5) is 16.8. The predicted molar refractivity (Wildman–Crippen MR) is 94.1 cm³/mol. The standard InChI is InChI=1S/C18H20ClN3O2/c1-2-8-21-9-3-10-22(12-11-21)18(23)16-13-17(24-20-16)14-4-6-15(19)7-5-14/h2,4-7,13H,1,3,8-12H2. The second kappa shape index (κ2) is 7.64. The van der Waals surface area contributed by atoms with Crippen molar-refractivity contribution in [2.75, 3.05) is 32.7 Å². The van der Waals surface area contributed by atoms with Crippen LogP contribution in [-0.2, 0) is 0 Å². The van der Waals surface area contributed by atoms with E-state index in [0.29, 0.717) is 23.0 Å². The molecule has 1 aliphatic rings. The number of benzene rings is 1. The molecule has 3 rings (SSSR count). The maximum Gasteiger partial charge on any atom is 0.276 e. The molecule has 0 aliphatic carbocycles. The quantitative estimate of drug-likeness (QED) is 0.797. The van der Waals surface area contributed by atoms with Gasteiger partial charge < -0.3 is 9.42 Å². The Hall–Kier alpha value is -2.11. The molecule has 0 spiro atoms. The van der Waals surface area contributed by atoms with Gasteiger partial charge in [0.25, 0.3) is 5.91 Å². The van der Waals surface area contributed by atoms with Crippen LogP contribution >= 0.6 is 11.6 Å². The summed E-state index contributed by atoms with van der Waals surface area (Å²) in [5.41, 5.74) is 1.19. The molecule has 1 aliphatic heterocycles. The van der Waals surface area contributed by atoms with Crippen LogP contribution in [0.5, 0.6) is 0 Å². The molecule has 1 aromatic carbocycles. The van der Waals surface area contributed by atoms with E-state index in [1.165, 1.54) is 0 Å². The van der Waals surface area contributed by atoms with Crippen LogP contribution in [0.15, 0.2) is 47.5 Å². The highest BCUT2D eigenvalue weighted by atomic mass is 35.5. The zero-order valence-electron chi connectivity index (χ0n) is 13.4. The fourth-order valence-corrected chi connectivity index (χ4v) is 2.95. The summed E-state index contributed by atoms with van der Waals surface area (Å²) in [6.45, 7) is 7.87. The number of nitrogens with zero attached hydrogens (tertiary/aromatic N) is 3. The molecule has 6 heteroatoms. The van der Waals surface area contributed by atoms with Crippen molar-refractivity contribution in [1.29, 1.82) is 0 Å². The van der Waals surface area contributed by atoms with Crippen LogP contribution in [0.25, 0.3) is 11.3 Å². The van der Waals surface area contributed by atoms with Crippen LogP contribution in [-0.4, -0.2) is 53.6 Å². The van der Waals surface area contributed by atoms with Crippen LogP contribution in [0.1, 0.15) is 16.9 Å². The lowest BCUT2D eigenvalue weighted by Gasteiger charge is -2.20. The van der Waals surface area contributed by atoms with Crippen LogP contribution in [0.2, 0.25) is 5.02 Å². The van der Waals surface area contributed by atoms with Gasteiger partial charge in [0.05, 0.1) is 0 Å². The van der Waals surface area contributed by atoms with Crippen molar-refractivity contribution in [3.63, 3.8) is 0 Å². The SMILES string of the molecule is C=CCN1CCCN(C(=O)c2cc(-c3ccc(Cl)cc3)on2)CC1. The Labute approximate surface area is 146 Å². The number of aromatic nitrogens is 1. The Kier molecular flexibility index (Phi) is 5.33. The van der Waals surface area contributed by atoms with Crippen molar-refractivity contribution in [3.8, 4) is 11.3 Å². The zero-order chi connectivity index (χ0) is 16.9. The number of hydrogen-bond acceptors (Lipinski definition) is 4. The lowest BCUT2D eigenvalue weighted by Crippen LogP contribution is -2.35. The van der Waals surface area contributed by atoms with Gasteiger partial charge in [0.1, 0.15) is 0 Å². The highest BCUT2D eigenvalue weighted by Crippen LogP contribution is 2.23. The van der Waals surface area contributed by atoms with Crippen molar-refractivity contribution in [1.82, 2.24) is 15.0 Å². The minimum Gasteiger partial charge on any atom is -0.355 e. The van der Waals surface area contributed by atoms with Crippen molar-refractivity contribution < 1.29 is 9.32 Å². The summed E-state index contributed by atoms with van der Waals surface area (Å²) < 4.78 is 5.33. The molecule has 0 bridgehead atoms. The molecule has 1 amide bonds. The van der Waals surface area contributed by atoms with E-state index in [1.54, 1.807) is 18.2 Å². The van der Waals surface area contributed by atoms with Gasteiger partial charge in [-0.2, -0.15) is 0 Å².